The van der Waals surface area contributed by atoms with Gasteiger partial charge in [0.05, 0.1) is 23.9 Å². The van der Waals surface area contributed by atoms with Crippen LogP contribution in [0.2, 0.25) is 0 Å². The first kappa shape index (κ1) is 17.7. The second kappa shape index (κ2) is 6.86. The maximum Gasteiger partial charge on any atom is 0.258 e. The molecule has 0 saturated carbocycles. The molecule has 5 nitrogen and oxygen atoms in total. The monoisotopic (exact) mass is 332 g/mol. The number of carbonyl (C=O) groups is 2. The Morgan fingerprint density at radius 3 is 2.79 bits per heavy atom. The van der Waals surface area contributed by atoms with Gasteiger partial charge < -0.3 is 15.0 Å². The third-order valence-corrected chi connectivity index (χ3v) is 4.00. The van der Waals surface area contributed by atoms with Crippen molar-refractivity contribution >= 4 is 17.4 Å². The lowest BCUT2D eigenvalue weighted by Gasteiger charge is -2.17. The molecule has 128 valence electrons. The van der Waals surface area contributed by atoms with E-state index in [4.69, 9.17) is 4.74 Å². The second-order valence-electron chi connectivity index (χ2n) is 5.79. The lowest BCUT2D eigenvalue weighted by Crippen LogP contribution is -2.21. The van der Waals surface area contributed by atoms with Gasteiger partial charge in [-0.1, -0.05) is 14.4 Å². The molecule has 1 heterocycles. The summed E-state index contributed by atoms with van der Waals surface area (Å²) >= 11 is 0. The zero-order chi connectivity index (χ0) is 16.6. The van der Waals surface area contributed by atoms with Crippen molar-refractivity contribution in [3.05, 3.63) is 47.0 Å². The number of aromatic amines is 1. The summed E-state index contributed by atoms with van der Waals surface area (Å²) in [6.07, 6.45) is 2.66. The van der Waals surface area contributed by atoms with E-state index in [2.05, 4.69) is 10.3 Å². The summed E-state index contributed by atoms with van der Waals surface area (Å²) in [6, 6.07) is 4.17. The van der Waals surface area contributed by atoms with E-state index in [0.717, 1.165) is 12.1 Å². The summed E-state index contributed by atoms with van der Waals surface area (Å²) in [5, 5.41) is 2.50. The van der Waals surface area contributed by atoms with Crippen molar-refractivity contribution in [2.75, 3.05) is 12.4 Å². The van der Waals surface area contributed by atoms with Gasteiger partial charge in [0.25, 0.3) is 5.91 Å². The van der Waals surface area contributed by atoms with Crippen LogP contribution < -0.4 is 10.1 Å². The van der Waals surface area contributed by atoms with Crippen LogP contribution in [0.15, 0.2) is 24.4 Å². The summed E-state index contributed by atoms with van der Waals surface area (Å²) in [6.45, 7) is 1.99. The molecular weight excluding hydrogens is 311 g/mol. The first-order valence-corrected chi connectivity index (χ1v) is 7.38. The van der Waals surface area contributed by atoms with Crippen LogP contribution in [-0.2, 0) is 6.42 Å². The molecule has 0 fully saturated rings. The van der Waals surface area contributed by atoms with Crippen LogP contribution in [0.4, 0.5) is 10.1 Å². The highest BCUT2D eigenvalue weighted by Crippen LogP contribution is 2.28. The van der Waals surface area contributed by atoms with E-state index in [1.165, 1.54) is 25.4 Å². The number of amides is 1. The average Bonchev–Trinajstić information content (AvgIpc) is 2.93. The molecule has 1 aliphatic rings. The van der Waals surface area contributed by atoms with Crippen molar-refractivity contribution < 1.29 is 18.7 Å². The quantitative estimate of drug-likeness (QED) is 0.897. The Hall–Kier alpha value is -2.63. The molecule has 1 unspecified atom stereocenters. The molecule has 0 radical (unpaired) electrons. The standard InChI is InChI=1S/C17H17FN2O3.CH4/c1-9-5-14-16(15(21)6-9)11(8-19-14)17(22)20-13-4-3-10(23-2)7-12(13)18;/h3-4,7-9,19H,5-6H2,1-2H3,(H,20,22);1H4. The number of methoxy groups -OCH3 is 1. The van der Waals surface area contributed by atoms with Crippen molar-refractivity contribution in [2.24, 2.45) is 5.92 Å². The molecule has 2 aromatic rings. The third kappa shape index (κ3) is 3.18. The number of aromatic nitrogens is 1. The topological polar surface area (TPSA) is 71.2 Å². The number of ketones is 1. The SMILES string of the molecule is C.COc1ccc(NC(=O)c2c[nH]c3c2C(=O)CC(C)C3)c(F)c1. The van der Waals surface area contributed by atoms with Gasteiger partial charge in [0.2, 0.25) is 0 Å². The van der Waals surface area contributed by atoms with Crippen LogP contribution in [0.5, 0.6) is 5.75 Å². The minimum absolute atomic E-state index is 0. The number of carbonyl (C=O) groups excluding carboxylic acids is 2. The number of hydrogen-bond acceptors (Lipinski definition) is 3. The minimum atomic E-state index is -0.595. The predicted molar refractivity (Wildman–Crippen MR) is 90.2 cm³/mol. The summed E-state index contributed by atoms with van der Waals surface area (Å²) < 4.78 is 18.9. The molecular formula is C18H21FN2O3. The van der Waals surface area contributed by atoms with Crippen LogP contribution in [-0.4, -0.2) is 23.8 Å². The lowest BCUT2D eigenvalue weighted by atomic mass is 9.86. The van der Waals surface area contributed by atoms with E-state index >= 15 is 0 Å². The highest BCUT2D eigenvalue weighted by molar-refractivity contribution is 6.13. The number of halogens is 1. The number of rotatable bonds is 3. The zero-order valence-electron chi connectivity index (χ0n) is 12.9. The smallest absolute Gasteiger partial charge is 0.258 e. The van der Waals surface area contributed by atoms with Crippen LogP contribution >= 0.6 is 0 Å². The molecule has 1 aromatic carbocycles. The van der Waals surface area contributed by atoms with E-state index < -0.39 is 11.7 Å². The van der Waals surface area contributed by atoms with Gasteiger partial charge in [-0.15, -0.1) is 0 Å². The molecule has 0 bridgehead atoms. The number of nitrogens with one attached hydrogen (secondary N) is 2. The van der Waals surface area contributed by atoms with Gasteiger partial charge in [0.15, 0.2) is 5.78 Å². The van der Waals surface area contributed by atoms with Gasteiger partial charge in [-0.3, -0.25) is 9.59 Å². The van der Waals surface area contributed by atoms with E-state index in [-0.39, 0.29) is 30.4 Å². The minimum Gasteiger partial charge on any atom is -0.497 e. The number of anilines is 1. The van der Waals surface area contributed by atoms with Gasteiger partial charge in [0.1, 0.15) is 11.6 Å². The number of hydrogen-bond donors (Lipinski definition) is 2. The predicted octanol–water partition coefficient (Wildman–Crippen LogP) is 3.82. The van der Waals surface area contributed by atoms with Crippen molar-refractivity contribution in [2.45, 2.75) is 27.2 Å². The van der Waals surface area contributed by atoms with Crippen molar-refractivity contribution in [3.8, 4) is 5.75 Å². The zero-order valence-corrected chi connectivity index (χ0v) is 12.9. The highest BCUT2D eigenvalue weighted by Gasteiger charge is 2.29. The first-order valence-electron chi connectivity index (χ1n) is 7.38. The Morgan fingerprint density at radius 2 is 2.12 bits per heavy atom. The Morgan fingerprint density at radius 1 is 1.38 bits per heavy atom. The Kier molecular flexibility index (Phi) is 5.07. The molecule has 1 aromatic heterocycles. The number of fused-ring (bicyclic) bond motifs is 1. The number of Topliss-reactive ketones (excluding diaryl/α,β-unsaturated/α-hetero) is 1. The van der Waals surface area contributed by atoms with E-state index in [9.17, 15) is 14.0 Å². The number of benzene rings is 1. The third-order valence-electron chi connectivity index (χ3n) is 4.00. The number of H-pyrrole nitrogens is 1. The molecule has 0 aliphatic heterocycles. The highest BCUT2D eigenvalue weighted by atomic mass is 19.1. The van der Waals surface area contributed by atoms with Crippen LogP contribution in [0.25, 0.3) is 0 Å². The summed E-state index contributed by atoms with van der Waals surface area (Å²) in [5.41, 5.74) is 1.50. The fourth-order valence-corrected chi connectivity index (χ4v) is 2.88. The Bertz CT molecular complexity index is 783. The largest absolute Gasteiger partial charge is 0.497 e. The normalized spacial score (nSPS) is 16.1. The Balaban J connectivity index is 0.00000208. The van der Waals surface area contributed by atoms with Gasteiger partial charge >= 0.3 is 0 Å². The molecule has 3 rings (SSSR count). The van der Waals surface area contributed by atoms with Crippen molar-refractivity contribution in [1.82, 2.24) is 4.98 Å². The van der Waals surface area contributed by atoms with Crippen LogP contribution in [0, 0.1) is 11.7 Å². The molecule has 1 amide bonds. The molecule has 6 heteroatoms. The maximum absolute atomic E-state index is 13.9. The molecule has 2 N–H and O–H groups in total. The van der Waals surface area contributed by atoms with Gasteiger partial charge in [-0.2, -0.15) is 0 Å². The Labute approximate surface area is 140 Å². The average molecular weight is 332 g/mol. The fraction of sp³-hybridized carbons (Fsp3) is 0.333. The van der Waals surface area contributed by atoms with Crippen molar-refractivity contribution in [3.63, 3.8) is 0 Å². The molecule has 0 saturated heterocycles. The summed E-state index contributed by atoms with van der Waals surface area (Å²) in [7, 11) is 1.44. The van der Waals surface area contributed by atoms with Crippen molar-refractivity contribution in [1.29, 1.82) is 0 Å². The van der Waals surface area contributed by atoms with Gasteiger partial charge in [-0.25, -0.2) is 4.39 Å². The van der Waals surface area contributed by atoms with Crippen LogP contribution in [0.3, 0.4) is 0 Å². The molecule has 1 atom stereocenters. The van der Waals surface area contributed by atoms with Gasteiger partial charge in [0, 0.05) is 24.4 Å². The van der Waals surface area contributed by atoms with Crippen LogP contribution in [0.1, 0.15) is 47.2 Å². The second-order valence-corrected chi connectivity index (χ2v) is 5.79. The number of ether oxygens (including phenoxy) is 1. The molecule has 0 spiro atoms. The van der Waals surface area contributed by atoms with E-state index in [1.807, 2.05) is 6.92 Å². The lowest BCUT2D eigenvalue weighted by molar-refractivity contribution is 0.0940. The molecule has 1 aliphatic carbocycles. The maximum atomic E-state index is 13.9. The van der Waals surface area contributed by atoms with E-state index in [0.29, 0.717) is 17.7 Å². The molecule has 24 heavy (non-hydrogen) atoms. The fourth-order valence-electron chi connectivity index (χ4n) is 2.88. The summed E-state index contributed by atoms with van der Waals surface area (Å²) in [5.74, 6) is -0.538. The van der Waals surface area contributed by atoms with Gasteiger partial charge in [-0.05, 0) is 24.5 Å². The van der Waals surface area contributed by atoms with E-state index in [1.54, 1.807) is 6.07 Å². The first-order chi connectivity index (χ1) is 11.0. The summed E-state index contributed by atoms with van der Waals surface area (Å²) in [4.78, 5) is 27.6.